The molecule has 3 aliphatic heterocycles. The summed E-state index contributed by atoms with van der Waals surface area (Å²) in [5.74, 6) is -0.158. The summed E-state index contributed by atoms with van der Waals surface area (Å²) < 4.78 is 16.8. The Morgan fingerprint density at radius 1 is 1.19 bits per heavy atom. The van der Waals surface area contributed by atoms with Gasteiger partial charge in [-0.3, -0.25) is 9.59 Å². The topological polar surface area (TPSA) is 68.3 Å². The molecule has 1 spiro atoms. The summed E-state index contributed by atoms with van der Waals surface area (Å²) >= 11 is 0. The molecule has 140 valence electrons. The lowest BCUT2D eigenvalue weighted by Gasteiger charge is -2.38. The number of likely N-dealkylation sites (tertiary alicyclic amines) is 1. The fourth-order valence-electron chi connectivity index (χ4n) is 4.07. The number of carbonyl (C=O) groups is 2. The van der Waals surface area contributed by atoms with Gasteiger partial charge >= 0.3 is 0 Å². The van der Waals surface area contributed by atoms with Crippen LogP contribution in [0.15, 0.2) is 24.3 Å². The van der Waals surface area contributed by atoms with E-state index in [0.717, 1.165) is 5.69 Å². The number of carbonyl (C=O) groups excluding carboxylic acids is 2. The van der Waals surface area contributed by atoms with Gasteiger partial charge in [-0.2, -0.15) is 0 Å². The predicted octanol–water partition coefficient (Wildman–Crippen LogP) is 1.41. The number of anilines is 1. The van der Waals surface area contributed by atoms with Gasteiger partial charge in [0.15, 0.2) is 5.79 Å². The maximum Gasteiger partial charge on any atom is 0.228 e. The third kappa shape index (κ3) is 3.05. The van der Waals surface area contributed by atoms with Gasteiger partial charge in [-0.25, -0.2) is 0 Å². The largest absolute Gasteiger partial charge is 0.495 e. The fourth-order valence-corrected chi connectivity index (χ4v) is 4.07. The number of hydrogen-bond donors (Lipinski definition) is 0. The average molecular weight is 360 g/mol. The van der Waals surface area contributed by atoms with E-state index in [-0.39, 0.29) is 24.2 Å². The minimum absolute atomic E-state index is 0.0382. The molecule has 2 amide bonds. The van der Waals surface area contributed by atoms with E-state index in [2.05, 4.69) is 0 Å². The zero-order chi connectivity index (χ0) is 18.1. The number of rotatable bonds is 3. The predicted molar refractivity (Wildman–Crippen MR) is 93.9 cm³/mol. The van der Waals surface area contributed by atoms with E-state index >= 15 is 0 Å². The molecular weight excluding hydrogens is 336 g/mol. The van der Waals surface area contributed by atoms with Gasteiger partial charge in [0, 0.05) is 38.9 Å². The second kappa shape index (κ2) is 6.89. The third-order valence-corrected chi connectivity index (χ3v) is 5.50. The summed E-state index contributed by atoms with van der Waals surface area (Å²) in [6.07, 6.45) is 1.62. The van der Waals surface area contributed by atoms with Crippen LogP contribution < -0.4 is 9.64 Å². The molecule has 0 bridgehead atoms. The molecule has 7 heteroatoms. The lowest BCUT2D eigenvalue weighted by molar-refractivity contribution is -0.188. The Morgan fingerprint density at radius 2 is 1.88 bits per heavy atom. The molecule has 26 heavy (non-hydrogen) atoms. The van der Waals surface area contributed by atoms with Crippen LogP contribution in [0.2, 0.25) is 0 Å². The molecule has 1 atom stereocenters. The molecule has 0 aromatic heterocycles. The maximum absolute atomic E-state index is 12.9. The van der Waals surface area contributed by atoms with Crippen LogP contribution in [-0.2, 0) is 19.1 Å². The summed E-state index contributed by atoms with van der Waals surface area (Å²) in [7, 11) is 1.58. The first-order valence-electron chi connectivity index (χ1n) is 9.12. The average Bonchev–Trinajstić information content (AvgIpc) is 3.28. The van der Waals surface area contributed by atoms with Crippen molar-refractivity contribution in [2.75, 3.05) is 44.9 Å². The van der Waals surface area contributed by atoms with Gasteiger partial charge in [0.25, 0.3) is 0 Å². The van der Waals surface area contributed by atoms with Crippen molar-refractivity contribution in [2.45, 2.75) is 25.0 Å². The Morgan fingerprint density at radius 3 is 2.58 bits per heavy atom. The number of nitrogens with zero attached hydrogens (tertiary/aromatic N) is 2. The maximum atomic E-state index is 12.9. The Bertz CT molecular complexity index is 691. The minimum Gasteiger partial charge on any atom is -0.495 e. The fraction of sp³-hybridized carbons (Fsp3) is 0.579. The summed E-state index contributed by atoms with van der Waals surface area (Å²) in [5, 5.41) is 0. The molecule has 0 aliphatic carbocycles. The Kier molecular flexibility index (Phi) is 4.58. The highest BCUT2D eigenvalue weighted by Gasteiger charge is 2.43. The van der Waals surface area contributed by atoms with Crippen LogP contribution in [0.25, 0.3) is 0 Å². The van der Waals surface area contributed by atoms with Gasteiger partial charge < -0.3 is 24.0 Å². The van der Waals surface area contributed by atoms with Gasteiger partial charge in [0.1, 0.15) is 5.75 Å². The number of piperidine rings is 1. The number of ether oxygens (including phenoxy) is 3. The van der Waals surface area contributed by atoms with Crippen molar-refractivity contribution in [3.63, 3.8) is 0 Å². The lowest BCUT2D eigenvalue weighted by atomic mass is 10.0. The smallest absolute Gasteiger partial charge is 0.228 e. The molecule has 0 saturated carbocycles. The molecular formula is C19H24N2O5. The third-order valence-electron chi connectivity index (χ3n) is 5.50. The molecule has 3 fully saturated rings. The van der Waals surface area contributed by atoms with Crippen LogP contribution in [0.1, 0.15) is 19.3 Å². The molecule has 0 N–H and O–H groups in total. The van der Waals surface area contributed by atoms with Gasteiger partial charge in [0.05, 0.1) is 31.9 Å². The van der Waals surface area contributed by atoms with Crippen molar-refractivity contribution in [2.24, 2.45) is 5.92 Å². The number of methoxy groups -OCH3 is 1. The van der Waals surface area contributed by atoms with E-state index < -0.39 is 5.79 Å². The highest BCUT2D eigenvalue weighted by molar-refractivity contribution is 6.01. The molecule has 1 unspecified atom stereocenters. The van der Waals surface area contributed by atoms with Crippen molar-refractivity contribution < 1.29 is 23.8 Å². The molecule has 3 aliphatic rings. The van der Waals surface area contributed by atoms with Crippen molar-refractivity contribution in [1.82, 2.24) is 4.90 Å². The monoisotopic (exact) mass is 360 g/mol. The number of hydrogen-bond acceptors (Lipinski definition) is 5. The van der Waals surface area contributed by atoms with Crippen LogP contribution in [-0.4, -0.2) is 62.5 Å². The molecule has 3 heterocycles. The molecule has 1 aromatic rings. The quantitative estimate of drug-likeness (QED) is 0.815. The van der Waals surface area contributed by atoms with Crippen LogP contribution in [0, 0.1) is 5.92 Å². The van der Waals surface area contributed by atoms with Crippen LogP contribution in [0.4, 0.5) is 5.69 Å². The second-order valence-corrected chi connectivity index (χ2v) is 7.01. The molecule has 1 aromatic carbocycles. The van der Waals surface area contributed by atoms with Gasteiger partial charge in [0.2, 0.25) is 11.8 Å². The summed E-state index contributed by atoms with van der Waals surface area (Å²) in [6, 6.07) is 7.40. The van der Waals surface area contributed by atoms with Crippen molar-refractivity contribution in [3.05, 3.63) is 24.3 Å². The van der Waals surface area contributed by atoms with Gasteiger partial charge in [-0.15, -0.1) is 0 Å². The van der Waals surface area contributed by atoms with Gasteiger partial charge in [-0.1, -0.05) is 12.1 Å². The minimum atomic E-state index is -0.494. The van der Waals surface area contributed by atoms with Crippen molar-refractivity contribution in [1.29, 1.82) is 0 Å². The zero-order valence-corrected chi connectivity index (χ0v) is 15.0. The van der Waals surface area contributed by atoms with E-state index in [1.165, 1.54) is 0 Å². The second-order valence-electron chi connectivity index (χ2n) is 7.01. The molecule has 3 saturated heterocycles. The highest BCUT2D eigenvalue weighted by atomic mass is 16.7. The normalized spacial score (nSPS) is 25.1. The van der Waals surface area contributed by atoms with Crippen molar-refractivity contribution >= 4 is 17.5 Å². The summed E-state index contributed by atoms with van der Waals surface area (Å²) in [6.45, 7) is 2.86. The first-order chi connectivity index (χ1) is 12.6. The lowest BCUT2D eigenvalue weighted by Crippen LogP contribution is -2.49. The van der Waals surface area contributed by atoms with E-state index in [4.69, 9.17) is 14.2 Å². The SMILES string of the molecule is COc1ccccc1N1CC(C(=O)N2CCC3(CC2)OCCO3)CC1=O. The summed E-state index contributed by atoms with van der Waals surface area (Å²) in [4.78, 5) is 28.9. The van der Waals surface area contributed by atoms with Crippen LogP contribution >= 0.6 is 0 Å². The molecule has 0 radical (unpaired) electrons. The van der Waals surface area contributed by atoms with E-state index in [9.17, 15) is 9.59 Å². The first-order valence-corrected chi connectivity index (χ1v) is 9.12. The zero-order valence-electron chi connectivity index (χ0n) is 15.0. The van der Waals surface area contributed by atoms with Crippen molar-refractivity contribution in [3.8, 4) is 5.75 Å². The highest BCUT2D eigenvalue weighted by Crippen LogP contribution is 2.35. The van der Waals surface area contributed by atoms with Crippen LogP contribution in [0.3, 0.4) is 0 Å². The van der Waals surface area contributed by atoms with E-state index in [0.29, 0.717) is 51.4 Å². The van der Waals surface area contributed by atoms with Gasteiger partial charge in [-0.05, 0) is 12.1 Å². The number of para-hydroxylation sites is 2. The Balaban J connectivity index is 1.41. The molecule has 7 nitrogen and oxygen atoms in total. The van der Waals surface area contributed by atoms with E-state index in [1.54, 1.807) is 12.0 Å². The summed E-state index contributed by atoms with van der Waals surface area (Å²) in [5.41, 5.74) is 0.723. The number of benzene rings is 1. The van der Waals surface area contributed by atoms with Crippen LogP contribution in [0.5, 0.6) is 5.75 Å². The molecule has 4 rings (SSSR count). The number of amides is 2. The first kappa shape index (κ1) is 17.3. The Hall–Kier alpha value is -2.12. The van der Waals surface area contributed by atoms with E-state index in [1.807, 2.05) is 29.2 Å². The standard InChI is InChI=1S/C19H24N2O5/c1-24-16-5-3-2-4-15(16)21-13-14(12-17(21)22)18(23)20-8-6-19(7-9-20)25-10-11-26-19/h2-5,14H,6-13H2,1H3. The Labute approximate surface area is 152 Å².